The van der Waals surface area contributed by atoms with Gasteiger partial charge < -0.3 is 9.84 Å². The van der Waals surface area contributed by atoms with Crippen LogP contribution in [0.2, 0.25) is 0 Å². The smallest absolute Gasteiger partial charge is 0.0670 e. The first-order valence-corrected chi connectivity index (χ1v) is 5.92. The standard InChI is InChI=1S/C12H24O2/c1-11(2)5-3-6-12(13)7-4-9-14-10-8-12/h11,13H,3-10H2,1-2H3. The molecule has 1 unspecified atom stereocenters. The fourth-order valence-corrected chi connectivity index (χ4v) is 2.08. The van der Waals surface area contributed by atoms with Gasteiger partial charge in [0, 0.05) is 13.2 Å². The summed E-state index contributed by atoms with van der Waals surface area (Å²) >= 11 is 0. The summed E-state index contributed by atoms with van der Waals surface area (Å²) in [6.45, 7) is 6.03. The summed E-state index contributed by atoms with van der Waals surface area (Å²) in [7, 11) is 0. The molecule has 1 aliphatic rings. The summed E-state index contributed by atoms with van der Waals surface area (Å²) in [6.07, 6.45) is 6.08. The van der Waals surface area contributed by atoms with Crippen molar-refractivity contribution in [3.05, 3.63) is 0 Å². The fraction of sp³-hybridized carbons (Fsp3) is 1.00. The van der Waals surface area contributed by atoms with Crippen LogP contribution in [-0.4, -0.2) is 23.9 Å². The van der Waals surface area contributed by atoms with Gasteiger partial charge in [0.05, 0.1) is 5.60 Å². The van der Waals surface area contributed by atoms with E-state index in [0.717, 1.165) is 51.2 Å². The lowest BCUT2D eigenvalue weighted by atomic mass is 9.88. The van der Waals surface area contributed by atoms with E-state index in [1.54, 1.807) is 0 Å². The van der Waals surface area contributed by atoms with E-state index < -0.39 is 5.60 Å². The third-order valence-corrected chi connectivity index (χ3v) is 3.07. The average molecular weight is 200 g/mol. The summed E-state index contributed by atoms with van der Waals surface area (Å²) in [5, 5.41) is 10.3. The second-order valence-corrected chi connectivity index (χ2v) is 4.98. The van der Waals surface area contributed by atoms with Crippen LogP contribution in [0.4, 0.5) is 0 Å². The molecule has 1 N–H and O–H groups in total. The molecule has 0 radical (unpaired) electrons. The predicted octanol–water partition coefficient (Wildman–Crippen LogP) is 2.74. The predicted molar refractivity (Wildman–Crippen MR) is 58.3 cm³/mol. The lowest BCUT2D eigenvalue weighted by Crippen LogP contribution is -2.28. The van der Waals surface area contributed by atoms with Crippen molar-refractivity contribution in [2.24, 2.45) is 5.92 Å². The number of aliphatic hydroxyl groups is 1. The maximum atomic E-state index is 10.3. The molecule has 84 valence electrons. The molecule has 0 aliphatic carbocycles. The molecule has 1 aliphatic heterocycles. The van der Waals surface area contributed by atoms with Crippen LogP contribution in [0, 0.1) is 5.92 Å². The second kappa shape index (κ2) is 5.72. The Morgan fingerprint density at radius 1 is 1.29 bits per heavy atom. The molecule has 0 bridgehead atoms. The summed E-state index contributed by atoms with van der Waals surface area (Å²) < 4.78 is 5.36. The molecule has 0 saturated carbocycles. The van der Waals surface area contributed by atoms with Crippen molar-refractivity contribution < 1.29 is 9.84 Å². The van der Waals surface area contributed by atoms with Crippen molar-refractivity contribution in [1.82, 2.24) is 0 Å². The first-order chi connectivity index (χ1) is 6.62. The molecular formula is C12H24O2. The summed E-state index contributed by atoms with van der Waals surface area (Å²) in [5.74, 6) is 0.751. The normalized spacial score (nSPS) is 29.1. The Balaban J connectivity index is 2.24. The van der Waals surface area contributed by atoms with E-state index in [9.17, 15) is 5.11 Å². The van der Waals surface area contributed by atoms with E-state index in [2.05, 4.69) is 13.8 Å². The molecule has 1 saturated heterocycles. The van der Waals surface area contributed by atoms with E-state index in [0.29, 0.717) is 0 Å². The first kappa shape index (κ1) is 12.0. The van der Waals surface area contributed by atoms with Crippen molar-refractivity contribution in [3.63, 3.8) is 0 Å². The number of hydrogen-bond acceptors (Lipinski definition) is 2. The van der Waals surface area contributed by atoms with Crippen LogP contribution in [0.1, 0.15) is 52.4 Å². The van der Waals surface area contributed by atoms with E-state index in [1.807, 2.05) is 0 Å². The SMILES string of the molecule is CC(C)CCCC1(O)CCCOCC1. The van der Waals surface area contributed by atoms with Gasteiger partial charge in [0.1, 0.15) is 0 Å². The number of rotatable bonds is 4. The van der Waals surface area contributed by atoms with E-state index in [-0.39, 0.29) is 0 Å². The van der Waals surface area contributed by atoms with Crippen LogP contribution >= 0.6 is 0 Å². The topological polar surface area (TPSA) is 29.5 Å². The van der Waals surface area contributed by atoms with Gasteiger partial charge in [-0.3, -0.25) is 0 Å². The first-order valence-electron chi connectivity index (χ1n) is 5.92. The zero-order valence-corrected chi connectivity index (χ0v) is 9.59. The molecule has 1 fully saturated rings. The Morgan fingerprint density at radius 2 is 2.07 bits per heavy atom. The fourth-order valence-electron chi connectivity index (χ4n) is 2.08. The third kappa shape index (κ3) is 4.43. The van der Waals surface area contributed by atoms with Gasteiger partial charge >= 0.3 is 0 Å². The quantitative estimate of drug-likeness (QED) is 0.756. The molecule has 14 heavy (non-hydrogen) atoms. The molecule has 0 amide bonds. The summed E-state index contributed by atoms with van der Waals surface area (Å²) in [4.78, 5) is 0. The minimum Gasteiger partial charge on any atom is -0.390 e. The zero-order chi connectivity index (χ0) is 10.4. The van der Waals surface area contributed by atoms with Gasteiger partial charge in [-0.2, -0.15) is 0 Å². The largest absolute Gasteiger partial charge is 0.390 e. The Kier molecular flexibility index (Phi) is 4.90. The molecule has 2 nitrogen and oxygen atoms in total. The molecule has 1 rings (SSSR count). The maximum absolute atomic E-state index is 10.3. The Hall–Kier alpha value is -0.0800. The maximum Gasteiger partial charge on any atom is 0.0670 e. The molecule has 0 aromatic carbocycles. The zero-order valence-electron chi connectivity index (χ0n) is 9.59. The monoisotopic (exact) mass is 200 g/mol. The van der Waals surface area contributed by atoms with Crippen molar-refractivity contribution >= 4 is 0 Å². The molecular weight excluding hydrogens is 176 g/mol. The highest BCUT2D eigenvalue weighted by Crippen LogP contribution is 2.27. The van der Waals surface area contributed by atoms with E-state index >= 15 is 0 Å². The Morgan fingerprint density at radius 3 is 2.79 bits per heavy atom. The summed E-state index contributed by atoms with van der Waals surface area (Å²) in [5.41, 5.74) is -0.425. The van der Waals surface area contributed by atoms with E-state index in [4.69, 9.17) is 4.74 Å². The molecule has 1 heterocycles. The van der Waals surface area contributed by atoms with Gasteiger partial charge in [0.25, 0.3) is 0 Å². The van der Waals surface area contributed by atoms with E-state index in [1.165, 1.54) is 6.42 Å². The van der Waals surface area contributed by atoms with Gasteiger partial charge in [-0.25, -0.2) is 0 Å². The van der Waals surface area contributed by atoms with Crippen LogP contribution in [0.5, 0.6) is 0 Å². The highest BCUT2D eigenvalue weighted by atomic mass is 16.5. The summed E-state index contributed by atoms with van der Waals surface area (Å²) in [6, 6.07) is 0. The van der Waals surface area contributed by atoms with Gasteiger partial charge in [-0.05, 0) is 31.6 Å². The van der Waals surface area contributed by atoms with Crippen LogP contribution < -0.4 is 0 Å². The Labute approximate surface area is 87.7 Å². The third-order valence-electron chi connectivity index (χ3n) is 3.07. The van der Waals surface area contributed by atoms with Crippen LogP contribution in [0.3, 0.4) is 0 Å². The van der Waals surface area contributed by atoms with Gasteiger partial charge in [0.15, 0.2) is 0 Å². The second-order valence-electron chi connectivity index (χ2n) is 4.98. The lowest BCUT2D eigenvalue weighted by molar-refractivity contribution is 0.00793. The van der Waals surface area contributed by atoms with Crippen LogP contribution in [0.25, 0.3) is 0 Å². The number of hydrogen-bond donors (Lipinski definition) is 1. The molecule has 2 heteroatoms. The highest BCUT2D eigenvalue weighted by molar-refractivity contribution is 4.80. The molecule has 0 aromatic heterocycles. The van der Waals surface area contributed by atoms with Crippen molar-refractivity contribution in [1.29, 1.82) is 0 Å². The minimum absolute atomic E-state index is 0.425. The number of ether oxygens (including phenoxy) is 1. The van der Waals surface area contributed by atoms with Gasteiger partial charge in [-0.1, -0.05) is 26.7 Å². The Bertz CT molecular complexity index is 146. The molecule has 0 spiro atoms. The molecule has 1 atom stereocenters. The van der Waals surface area contributed by atoms with Crippen molar-refractivity contribution in [2.75, 3.05) is 13.2 Å². The average Bonchev–Trinajstić information content (AvgIpc) is 2.30. The van der Waals surface area contributed by atoms with Crippen molar-refractivity contribution in [2.45, 2.75) is 58.0 Å². The van der Waals surface area contributed by atoms with Gasteiger partial charge in [0.2, 0.25) is 0 Å². The van der Waals surface area contributed by atoms with Crippen LogP contribution in [0.15, 0.2) is 0 Å². The minimum atomic E-state index is -0.425. The van der Waals surface area contributed by atoms with Gasteiger partial charge in [-0.15, -0.1) is 0 Å². The van der Waals surface area contributed by atoms with Crippen molar-refractivity contribution in [3.8, 4) is 0 Å². The molecule has 0 aromatic rings. The van der Waals surface area contributed by atoms with Crippen LogP contribution in [-0.2, 0) is 4.74 Å². The highest BCUT2D eigenvalue weighted by Gasteiger charge is 2.27. The lowest BCUT2D eigenvalue weighted by Gasteiger charge is -2.26.